The van der Waals surface area contributed by atoms with Crippen LogP contribution >= 0.6 is 0 Å². The summed E-state index contributed by atoms with van der Waals surface area (Å²) in [6.07, 6.45) is 1.00. The third-order valence-electron chi connectivity index (χ3n) is 4.41. The number of nitrogens with one attached hydrogen (secondary N) is 2. The highest BCUT2D eigenvalue weighted by Crippen LogP contribution is 2.17. The molecule has 0 aliphatic rings. The lowest BCUT2D eigenvalue weighted by molar-refractivity contribution is -0.121. The molecule has 2 N–H and O–H groups in total. The third kappa shape index (κ3) is 4.11. The highest BCUT2D eigenvalue weighted by atomic mass is 16.5. The Morgan fingerprint density at radius 1 is 1.15 bits per heavy atom. The van der Waals surface area contributed by atoms with Crippen molar-refractivity contribution in [3.63, 3.8) is 0 Å². The van der Waals surface area contributed by atoms with E-state index in [1.807, 2.05) is 48.5 Å². The number of benzene rings is 2. The number of para-hydroxylation sites is 1. The quantitative estimate of drug-likeness (QED) is 0.718. The maximum absolute atomic E-state index is 12.1. The van der Waals surface area contributed by atoms with Crippen molar-refractivity contribution < 1.29 is 9.53 Å². The molecular formula is C21H22N2O3. The fraction of sp³-hybridized carbons (Fsp3) is 0.238. The Morgan fingerprint density at radius 2 is 1.96 bits per heavy atom. The number of hydrogen-bond acceptors (Lipinski definition) is 3. The highest BCUT2D eigenvalue weighted by molar-refractivity contribution is 5.80. The summed E-state index contributed by atoms with van der Waals surface area (Å²) < 4.78 is 5.29. The summed E-state index contributed by atoms with van der Waals surface area (Å²) in [5.41, 5.74) is 3.38. The number of carbonyl (C=O) groups is 1. The normalized spacial score (nSPS) is 10.7. The van der Waals surface area contributed by atoms with Crippen LogP contribution in [0, 0.1) is 6.92 Å². The third-order valence-corrected chi connectivity index (χ3v) is 4.41. The topological polar surface area (TPSA) is 71.2 Å². The summed E-state index contributed by atoms with van der Waals surface area (Å²) in [6, 6.07) is 15.4. The Labute approximate surface area is 152 Å². The van der Waals surface area contributed by atoms with E-state index in [1.165, 1.54) is 0 Å². The van der Waals surface area contributed by atoms with Crippen LogP contribution in [-0.4, -0.2) is 18.0 Å². The maximum atomic E-state index is 12.1. The van der Waals surface area contributed by atoms with Gasteiger partial charge < -0.3 is 15.0 Å². The number of H-pyrrole nitrogens is 1. The van der Waals surface area contributed by atoms with Gasteiger partial charge in [-0.1, -0.05) is 30.3 Å². The van der Waals surface area contributed by atoms with Gasteiger partial charge in [-0.15, -0.1) is 0 Å². The van der Waals surface area contributed by atoms with Gasteiger partial charge in [-0.2, -0.15) is 0 Å². The van der Waals surface area contributed by atoms with Crippen LogP contribution in [0.3, 0.4) is 0 Å². The van der Waals surface area contributed by atoms with Crippen molar-refractivity contribution in [2.45, 2.75) is 26.3 Å². The lowest BCUT2D eigenvalue weighted by atomic mass is 10.1. The molecule has 0 aliphatic carbocycles. The lowest BCUT2D eigenvalue weighted by Crippen LogP contribution is -2.23. The van der Waals surface area contributed by atoms with Crippen LogP contribution in [0.25, 0.3) is 10.9 Å². The number of amides is 1. The number of rotatable bonds is 6. The number of aromatic amines is 1. The van der Waals surface area contributed by atoms with Gasteiger partial charge >= 0.3 is 0 Å². The van der Waals surface area contributed by atoms with Gasteiger partial charge in [-0.3, -0.25) is 9.59 Å². The molecule has 0 saturated carbocycles. The molecule has 0 aliphatic heterocycles. The van der Waals surface area contributed by atoms with E-state index in [1.54, 1.807) is 14.0 Å². The van der Waals surface area contributed by atoms with Crippen LogP contribution in [0.15, 0.2) is 53.3 Å². The Hall–Kier alpha value is -3.08. The van der Waals surface area contributed by atoms with Crippen LogP contribution in [0.5, 0.6) is 5.75 Å². The van der Waals surface area contributed by atoms with E-state index < -0.39 is 0 Å². The first-order valence-electron chi connectivity index (χ1n) is 8.58. The second-order valence-electron chi connectivity index (χ2n) is 6.29. The van der Waals surface area contributed by atoms with E-state index in [4.69, 9.17) is 4.74 Å². The molecular weight excluding hydrogens is 328 g/mol. The number of aromatic nitrogens is 1. The van der Waals surface area contributed by atoms with Crippen LogP contribution in [0.2, 0.25) is 0 Å². The van der Waals surface area contributed by atoms with Gasteiger partial charge in [-0.25, -0.2) is 0 Å². The molecule has 1 amide bonds. The SMILES string of the molecule is COc1ccccc1CNC(=O)CCc1ccc2cc(C)c(=O)[nH]c2c1. The average molecular weight is 350 g/mol. The van der Waals surface area contributed by atoms with Gasteiger partial charge in [0.25, 0.3) is 5.56 Å². The van der Waals surface area contributed by atoms with E-state index in [2.05, 4.69) is 10.3 Å². The fourth-order valence-electron chi connectivity index (χ4n) is 2.90. The predicted octanol–water partition coefficient (Wildman–Crippen LogP) is 3.09. The second-order valence-corrected chi connectivity index (χ2v) is 6.29. The zero-order valence-electron chi connectivity index (χ0n) is 15.0. The van der Waals surface area contributed by atoms with E-state index >= 15 is 0 Å². The van der Waals surface area contributed by atoms with E-state index in [0.29, 0.717) is 24.9 Å². The van der Waals surface area contributed by atoms with Crippen molar-refractivity contribution in [3.05, 3.63) is 75.6 Å². The molecule has 1 aromatic heterocycles. The fourth-order valence-corrected chi connectivity index (χ4v) is 2.90. The molecule has 5 heteroatoms. The Morgan fingerprint density at radius 3 is 2.77 bits per heavy atom. The standard InChI is InChI=1S/C21H22N2O3/c1-14-11-16-9-7-15(12-18(16)23-21(14)25)8-10-20(24)22-13-17-5-3-4-6-19(17)26-2/h3-7,9,11-12H,8,10,13H2,1-2H3,(H,22,24)(H,23,25). The zero-order valence-corrected chi connectivity index (χ0v) is 15.0. The average Bonchev–Trinajstić information content (AvgIpc) is 2.65. The van der Waals surface area contributed by atoms with Crippen molar-refractivity contribution in [1.82, 2.24) is 10.3 Å². The van der Waals surface area contributed by atoms with Crippen LogP contribution in [0.1, 0.15) is 23.1 Å². The van der Waals surface area contributed by atoms with Crippen LogP contribution in [-0.2, 0) is 17.8 Å². The van der Waals surface area contributed by atoms with Gasteiger partial charge in [0.15, 0.2) is 0 Å². The molecule has 134 valence electrons. The number of pyridine rings is 1. The van der Waals surface area contributed by atoms with Gasteiger partial charge in [0, 0.05) is 29.6 Å². The van der Waals surface area contributed by atoms with Crippen LogP contribution < -0.4 is 15.6 Å². The summed E-state index contributed by atoms with van der Waals surface area (Å²) in [5, 5.41) is 3.91. The zero-order chi connectivity index (χ0) is 18.5. The van der Waals surface area contributed by atoms with E-state index in [0.717, 1.165) is 27.8 Å². The molecule has 0 spiro atoms. The number of aryl methyl sites for hydroxylation is 2. The summed E-state index contributed by atoms with van der Waals surface area (Å²) in [5.74, 6) is 0.745. The van der Waals surface area contributed by atoms with E-state index in [9.17, 15) is 9.59 Å². The minimum atomic E-state index is -0.0794. The largest absolute Gasteiger partial charge is 0.496 e. The van der Waals surface area contributed by atoms with Gasteiger partial charge in [0.05, 0.1) is 7.11 Å². The predicted molar refractivity (Wildman–Crippen MR) is 102 cm³/mol. The Balaban J connectivity index is 1.60. The molecule has 26 heavy (non-hydrogen) atoms. The molecule has 0 bridgehead atoms. The smallest absolute Gasteiger partial charge is 0.251 e. The van der Waals surface area contributed by atoms with Crippen molar-refractivity contribution in [2.75, 3.05) is 7.11 Å². The first-order chi connectivity index (χ1) is 12.6. The minimum absolute atomic E-state index is 0.0200. The Bertz CT molecular complexity index is 992. The first kappa shape index (κ1) is 17.7. The molecule has 5 nitrogen and oxygen atoms in total. The number of fused-ring (bicyclic) bond motifs is 1. The molecule has 1 heterocycles. The van der Waals surface area contributed by atoms with Gasteiger partial charge in [0.1, 0.15) is 5.75 Å². The molecule has 3 aromatic rings. The summed E-state index contributed by atoms with van der Waals surface area (Å²) >= 11 is 0. The minimum Gasteiger partial charge on any atom is -0.496 e. The van der Waals surface area contributed by atoms with Crippen molar-refractivity contribution >= 4 is 16.8 Å². The molecule has 0 fully saturated rings. The number of hydrogen-bond donors (Lipinski definition) is 2. The van der Waals surface area contributed by atoms with E-state index in [-0.39, 0.29) is 11.5 Å². The summed E-state index contributed by atoms with van der Waals surface area (Å²) in [4.78, 5) is 26.8. The molecule has 0 unspecified atom stereocenters. The lowest BCUT2D eigenvalue weighted by Gasteiger charge is -2.10. The van der Waals surface area contributed by atoms with Gasteiger partial charge in [0.2, 0.25) is 5.91 Å². The Kier molecular flexibility index (Phi) is 5.37. The number of methoxy groups -OCH3 is 1. The second kappa shape index (κ2) is 7.87. The summed E-state index contributed by atoms with van der Waals surface area (Å²) in [6.45, 7) is 2.23. The number of ether oxygens (including phenoxy) is 1. The van der Waals surface area contributed by atoms with Crippen molar-refractivity contribution in [1.29, 1.82) is 0 Å². The molecule has 0 radical (unpaired) electrons. The molecule has 2 aromatic carbocycles. The summed E-state index contributed by atoms with van der Waals surface area (Å²) in [7, 11) is 1.62. The van der Waals surface area contributed by atoms with Crippen LogP contribution in [0.4, 0.5) is 0 Å². The first-order valence-corrected chi connectivity index (χ1v) is 8.58. The van der Waals surface area contributed by atoms with Crippen molar-refractivity contribution in [3.8, 4) is 5.75 Å². The monoisotopic (exact) mass is 350 g/mol. The van der Waals surface area contributed by atoms with Gasteiger partial charge in [-0.05, 0) is 42.5 Å². The maximum Gasteiger partial charge on any atom is 0.251 e. The molecule has 0 atom stereocenters. The molecule has 3 rings (SSSR count). The number of carbonyl (C=O) groups excluding carboxylic acids is 1. The van der Waals surface area contributed by atoms with Crippen molar-refractivity contribution in [2.24, 2.45) is 0 Å². The molecule has 0 saturated heterocycles. The highest BCUT2D eigenvalue weighted by Gasteiger charge is 2.06.